The predicted molar refractivity (Wildman–Crippen MR) is 312 cm³/mol. The molecular formula is C65H100O12. The number of esters is 3. The molecule has 0 aromatic rings. The Kier molecular flexibility index (Phi) is 46.8. The van der Waals surface area contributed by atoms with Gasteiger partial charge in [-0.1, -0.05) is 193 Å². The Morgan fingerprint density at radius 1 is 0.442 bits per heavy atom. The first kappa shape index (κ1) is 69.9. The van der Waals surface area contributed by atoms with E-state index in [9.17, 15) is 34.5 Å². The highest BCUT2D eigenvalue weighted by molar-refractivity contribution is 5.74. The Morgan fingerprint density at radius 3 is 1.31 bits per heavy atom. The number of hydrogen-bond donors (Lipinski definition) is 3. The molecule has 1 saturated heterocycles. The second-order valence-electron chi connectivity index (χ2n) is 19.2. The van der Waals surface area contributed by atoms with Gasteiger partial charge < -0.3 is 39.0 Å². The van der Waals surface area contributed by atoms with E-state index in [1.165, 1.54) is 12.8 Å². The van der Waals surface area contributed by atoms with Crippen molar-refractivity contribution in [2.24, 2.45) is 0 Å². The first-order chi connectivity index (χ1) is 37.6. The van der Waals surface area contributed by atoms with Gasteiger partial charge in [-0.05, 0) is 122 Å². The van der Waals surface area contributed by atoms with Crippen LogP contribution in [-0.4, -0.2) is 89.2 Å². The first-order valence-corrected chi connectivity index (χ1v) is 29.2. The highest BCUT2D eigenvalue weighted by Crippen LogP contribution is 2.26. The number of ether oxygens (including phenoxy) is 5. The van der Waals surface area contributed by atoms with Gasteiger partial charge in [0.15, 0.2) is 24.6 Å². The number of hydrogen-bond acceptors (Lipinski definition) is 11. The minimum absolute atomic E-state index is 0.0323. The lowest BCUT2D eigenvalue weighted by atomic mass is 9.98. The average Bonchev–Trinajstić information content (AvgIpc) is 3.42. The highest BCUT2D eigenvalue weighted by atomic mass is 16.7. The van der Waals surface area contributed by atoms with E-state index in [0.717, 1.165) is 122 Å². The number of carbonyl (C=O) groups is 4. The summed E-state index contributed by atoms with van der Waals surface area (Å²) in [6, 6.07) is 0. The molecule has 12 heteroatoms. The van der Waals surface area contributed by atoms with Gasteiger partial charge in [0.1, 0.15) is 18.8 Å². The van der Waals surface area contributed by atoms with Gasteiger partial charge in [-0.25, -0.2) is 4.79 Å². The molecule has 432 valence electrons. The van der Waals surface area contributed by atoms with Crippen molar-refractivity contribution in [2.75, 3.05) is 13.2 Å². The summed E-state index contributed by atoms with van der Waals surface area (Å²) < 4.78 is 28.3. The number of carbonyl (C=O) groups excluding carboxylic acids is 3. The number of carboxylic acids is 1. The first-order valence-electron chi connectivity index (χ1n) is 29.2. The average molecular weight is 1070 g/mol. The van der Waals surface area contributed by atoms with E-state index in [4.69, 9.17) is 23.7 Å². The summed E-state index contributed by atoms with van der Waals surface area (Å²) in [6.45, 7) is 5.62. The van der Waals surface area contributed by atoms with Gasteiger partial charge in [0.2, 0.25) is 0 Å². The largest absolute Gasteiger partial charge is 0.479 e. The summed E-state index contributed by atoms with van der Waals surface area (Å²) in [5.74, 6) is -3.28. The van der Waals surface area contributed by atoms with Crippen LogP contribution in [0.3, 0.4) is 0 Å². The summed E-state index contributed by atoms with van der Waals surface area (Å²) in [5.41, 5.74) is 0. The lowest BCUT2D eigenvalue weighted by Crippen LogP contribution is -2.61. The van der Waals surface area contributed by atoms with Gasteiger partial charge >= 0.3 is 23.9 Å². The number of unbranched alkanes of at least 4 members (excludes halogenated alkanes) is 11. The molecule has 0 aliphatic carbocycles. The van der Waals surface area contributed by atoms with Gasteiger partial charge in [-0.2, -0.15) is 0 Å². The molecule has 0 saturated carbocycles. The van der Waals surface area contributed by atoms with Crippen molar-refractivity contribution in [3.63, 3.8) is 0 Å². The summed E-state index contributed by atoms with van der Waals surface area (Å²) in [7, 11) is 0. The van der Waals surface area contributed by atoms with E-state index in [2.05, 4.69) is 142 Å². The Labute approximate surface area is 464 Å². The second-order valence-corrected chi connectivity index (χ2v) is 19.2. The predicted octanol–water partition coefficient (Wildman–Crippen LogP) is 15.0. The van der Waals surface area contributed by atoms with Gasteiger partial charge in [-0.3, -0.25) is 14.4 Å². The third-order valence-corrected chi connectivity index (χ3v) is 12.2. The zero-order valence-corrected chi connectivity index (χ0v) is 47.4. The van der Waals surface area contributed by atoms with Crippen molar-refractivity contribution in [3.05, 3.63) is 134 Å². The van der Waals surface area contributed by atoms with Crippen LogP contribution in [0.25, 0.3) is 0 Å². The minimum Gasteiger partial charge on any atom is -0.479 e. The van der Waals surface area contributed by atoms with Crippen LogP contribution in [-0.2, 0) is 42.9 Å². The van der Waals surface area contributed by atoms with Gasteiger partial charge in [-0.15, -0.1) is 0 Å². The van der Waals surface area contributed by atoms with Gasteiger partial charge in [0.25, 0.3) is 0 Å². The molecule has 0 aromatic carbocycles. The van der Waals surface area contributed by atoms with E-state index in [-0.39, 0.29) is 25.9 Å². The fraction of sp³-hybridized carbons (Fsp3) is 0.600. The van der Waals surface area contributed by atoms with Crippen molar-refractivity contribution in [1.29, 1.82) is 0 Å². The number of allylic oxidation sites excluding steroid dienone is 22. The number of aliphatic hydroxyl groups excluding tert-OH is 2. The molecule has 0 aromatic heterocycles. The van der Waals surface area contributed by atoms with E-state index in [0.29, 0.717) is 25.7 Å². The Balaban J connectivity index is 2.77. The molecule has 0 spiro atoms. The maximum Gasteiger partial charge on any atom is 0.335 e. The minimum atomic E-state index is -1.93. The van der Waals surface area contributed by atoms with Crippen molar-refractivity contribution in [2.45, 2.75) is 237 Å². The fourth-order valence-electron chi connectivity index (χ4n) is 7.76. The standard InChI is InChI=1S/C65H100O12/c1-4-7-10-13-16-19-22-24-26-28-29-31-32-34-37-39-42-45-48-51-57(66)73-54-56(75-58(67)52-49-46-43-41-38-35-33-30-27-25-23-20-17-14-11-8-5-2)55-74-65-63(61(70)60(69)62(77-65)64(71)72)76-59(68)53-50-47-44-40-36-21-18-15-12-9-6-3/h7-8,10-11,15-20,24-27,29,31,33-35,37,41,43,56,60-63,65,69-70H,4-6,9,12-14,21-23,28,30,32,36,38-40,42,44-55H2,1-3H3,(H,71,72)/b10-7-,11-8-,18-15-,19-16-,20-17-,26-24-,27-25-,31-29-,35-33-,37-34-,43-41-. The molecule has 12 nitrogen and oxygen atoms in total. The topological polar surface area (TPSA) is 175 Å². The van der Waals surface area contributed by atoms with E-state index in [1.54, 1.807) is 0 Å². The van der Waals surface area contributed by atoms with Crippen molar-refractivity contribution in [1.82, 2.24) is 0 Å². The number of aliphatic carboxylic acids is 1. The molecule has 0 bridgehead atoms. The summed E-state index contributed by atoms with van der Waals surface area (Å²) in [5, 5.41) is 31.4. The number of carboxylic acid groups (broad SMARTS) is 1. The summed E-state index contributed by atoms with van der Waals surface area (Å²) in [6.07, 6.45) is 60.1. The molecule has 3 N–H and O–H groups in total. The third kappa shape index (κ3) is 41.6. The zero-order chi connectivity index (χ0) is 56.1. The maximum absolute atomic E-state index is 13.1. The quantitative estimate of drug-likeness (QED) is 0.0228. The lowest BCUT2D eigenvalue weighted by Gasteiger charge is -2.40. The Morgan fingerprint density at radius 2 is 0.831 bits per heavy atom. The highest BCUT2D eigenvalue weighted by Gasteiger charge is 2.50. The van der Waals surface area contributed by atoms with Crippen molar-refractivity contribution in [3.8, 4) is 0 Å². The van der Waals surface area contributed by atoms with Crippen LogP contribution in [0.2, 0.25) is 0 Å². The molecule has 77 heavy (non-hydrogen) atoms. The molecule has 0 radical (unpaired) electrons. The molecule has 6 unspecified atom stereocenters. The number of aliphatic hydroxyl groups is 2. The monoisotopic (exact) mass is 1070 g/mol. The van der Waals surface area contributed by atoms with Gasteiger partial charge in [0, 0.05) is 19.3 Å². The summed E-state index contributed by atoms with van der Waals surface area (Å²) >= 11 is 0. The van der Waals surface area contributed by atoms with E-state index in [1.807, 2.05) is 12.2 Å². The second kappa shape index (κ2) is 51.6. The molecular weight excluding hydrogens is 973 g/mol. The molecule has 6 atom stereocenters. The number of rotatable bonds is 47. The Hall–Kier alpha value is -5.14. The van der Waals surface area contributed by atoms with Crippen LogP contribution in [0.15, 0.2) is 134 Å². The molecule has 0 amide bonds. The molecule has 1 aliphatic heterocycles. The molecule has 1 rings (SSSR count). The van der Waals surface area contributed by atoms with E-state index < -0.39 is 67.3 Å². The molecule has 1 fully saturated rings. The van der Waals surface area contributed by atoms with Crippen LogP contribution in [0.5, 0.6) is 0 Å². The van der Waals surface area contributed by atoms with Crippen LogP contribution in [0.4, 0.5) is 0 Å². The smallest absolute Gasteiger partial charge is 0.335 e. The molecule has 1 heterocycles. The third-order valence-electron chi connectivity index (χ3n) is 12.2. The van der Waals surface area contributed by atoms with E-state index >= 15 is 0 Å². The van der Waals surface area contributed by atoms with Crippen molar-refractivity contribution < 1.29 is 58.2 Å². The fourth-order valence-corrected chi connectivity index (χ4v) is 7.76. The van der Waals surface area contributed by atoms with Crippen LogP contribution < -0.4 is 0 Å². The normalized spacial score (nSPS) is 19.0. The zero-order valence-electron chi connectivity index (χ0n) is 47.4. The SMILES string of the molecule is CC/C=C\C/C=C\C/C=C\C/C=C\C/C=C\CCCCCC(=O)OCC(COC1OC(C(=O)O)C(O)C(O)C1OC(=O)CCCCCCC/C=C\CCCC)OC(=O)CCC/C=C\C/C=C\C/C=C\C/C=C\C/C=C\CC. The molecule has 1 aliphatic rings. The Bertz CT molecular complexity index is 1850. The summed E-state index contributed by atoms with van der Waals surface area (Å²) in [4.78, 5) is 51.1. The van der Waals surface area contributed by atoms with Crippen molar-refractivity contribution >= 4 is 23.9 Å². The van der Waals surface area contributed by atoms with Gasteiger partial charge in [0.05, 0.1) is 6.61 Å². The lowest BCUT2D eigenvalue weighted by molar-refractivity contribution is -0.301. The van der Waals surface area contributed by atoms with Crippen LogP contribution >= 0.6 is 0 Å². The van der Waals surface area contributed by atoms with Crippen LogP contribution in [0.1, 0.15) is 201 Å². The van der Waals surface area contributed by atoms with Crippen LogP contribution in [0, 0.1) is 0 Å². The maximum atomic E-state index is 13.1.